The second-order valence-corrected chi connectivity index (χ2v) is 12.8. The van der Waals surface area contributed by atoms with Crippen molar-refractivity contribution in [3.63, 3.8) is 0 Å². The number of ether oxygens (including phenoxy) is 1. The molecular weight excluding hydrogens is 695 g/mol. The van der Waals surface area contributed by atoms with Crippen LogP contribution in [0.2, 0.25) is 0 Å². The van der Waals surface area contributed by atoms with Crippen LogP contribution in [0.3, 0.4) is 0 Å². The van der Waals surface area contributed by atoms with Gasteiger partial charge in [-0.25, -0.2) is 14.8 Å². The lowest BCUT2D eigenvalue weighted by Crippen LogP contribution is -2.17. The first-order valence-electron chi connectivity index (χ1n) is 17.3. The average molecular weight is 734 g/mol. The summed E-state index contributed by atoms with van der Waals surface area (Å²) in [6, 6.07) is 28.2. The minimum atomic E-state index is -0.169. The number of pyridine rings is 3. The van der Waals surface area contributed by atoms with E-state index < -0.39 is 0 Å². The molecule has 9 rings (SSSR count). The molecule has 0 atom stereocenters. The molecule has 0 bridgehead atoms. The zero-order valence-corrected chi connectivity index (χ0v) is 30.0. The van der Waals surface area contributed by atoms with E-state index in [1.54, 1.807) is 29.4 Å². The quantitative estimate of drug-likeness (QED) is 0.160. The maximum Gasteiger partial charge on any atom is 0.327 e. The Labute approximate surface area is 316 Å². The second-order valence-electron chi connectivity index (χ2n) is 12.8. The lowest BCUT2D eigenvalue weighted by molar-refractivity contribution is 0.393. The van der Waals surface area contributed by atoms with Crippen molar-refractivity contribution in [1.29, 1.82) is 0 Å². The fourth-order valence-electron chi connectivity index (χ4n) is 6.51. The van der Waals surface area contributed by atoms with Gasteiger partial charge in [-0.15, -0.1) is 0 Å². The van der Waals surface area contributed by atoms with Gasteiger partial charge in [-0.3, -0.25) is 19.1 Å². The van der Waals surface area contributed by atoms with Crippen molar-refractivity contribution in [2.24, 2.45) is 0 Å². The Bertz CT molecular complexity index is 2730. The van der Waals surface area contributed by atoms with E-state index in [4.69, 9.17) is 13.8 Å². The van der Waals surface area contributed by atoms with Gasteiger partial charge in [-0.05, 0) is 63.1 Å². The minimum absolute atomic E-state index is 0. The molecular formula is C42H39N9O4. The SMILES string of the molecule is C.Cc1noc(C)c1-c1cnc2[nH]c(=O)n(Cc3ccccc3)c2c1.Cc1noc(C)c1-c1cnc2nc(Oc3cccnc3)n(Cc3ccccc3)c2c1. The highest BCUT2D eigenvalue weighted by Gasteiger charge is 2.19. The van der Waals surface area contributed by atoms with E-state index in [-0.39, 0.29) is 13.1 Å². The Kier molecular flexibility index (Phi) is 10.2. The smallest absolute Gasteiger partial charge is 0.327 e. The summed E-state index contributed by atoms with van der Waals surface area (Å²) in [5.41, 5.74) is 10.2. The van der Waals surface area contributed by atoms with Gasteiger partial charge in [0.05, 0.1) is 41.7 Å². The fourth-order valence-corrected chi connectivity index (χ4v) is 6.51. The third-order valence-corrected chi connectivity index (χ3v) is 9.05. The Morgan fingerprint density at radius 2 is 1.27 bits per heavy atom. The molecule has 13 heteroatoms. The van der Waals surface area contributed by atoms with E-state index in [0.29, 0.717) is 36.1 Å². The number of H-pyrrole nitrogens is 1. The molecule has 0 aliphatic rings. The minimum Gasteiger partial charge on any atom is -0.424 e. The first-order chi connectivity index (χ1) is 26.3. The normalized spacial score (nSPS) is 11.0. The Balaban J connectivity index is 0.000000170. The molecule has 13 nitrogen and oxygen atoms in total. The van der Waals surface area contributed by atoms with Crippen molar-refractivity contribution in [1.82, 2.24) is 44.4 Å². The molecule has 7 aromatic heterocycles. The highest BCUT2D eigenvalue weighted by molar-refractivity contribution is 5.81. The highest BCUT2D eigenvalue weighted by Crippen LogP contribution is 2.32. The topological polar surface area (TPSA) is 156 Å². The maximum absolute atomic E-state index is 12.3. The lowest BCUT2D eigenvalue weighted by Gasteiger charge is -2.10. The van der Waals surface area contributed by atoms with E-state index in [2.05, 4.69) is 53.4 Å². The predicted molar refractivity (Wildman–Crippen MR) is 210 cm³/mol. The van der Waals surface area contributed by atoms with Crippen LogP contribution in [0, 0.1) is 27.7 Å². The van der Waals surface area contributed by atoms with Crippen LogP contribution in [0.4, 0.5) is 0 Å². The van der Waals surface area contributed by atoms with Gasteiger partial charge < -0.3 is 13.8 Å². The number of benzene rings is 2. The standard InChI is InChI=1S/C23H19N5O2.C18H16N4O2.CH4/c1-15-21(16(2)30-27-15)18-11-20-22(25-12-18)26-23(29-19-9-6-10-24-13-19)28(20)14-17-7-4-3-5-8-17;1-11-16(12(2)24-21-11)14-8-15-17(19-9-14)20-18(23)22(15)10-13-6-4-3-5-7-13;/h3-13H,14H2,1-2H3;3-9H,10H2,1-2H3,(H,19,20,23);1H4. The Morgan fingerprint density at radius 1 is 0.691 bits per heavy atom. The summed E-state index contributed by atoms with van der Waals surface area (Å²) in [7, 11) is 0. The van der Waals surface area contributed by atoms with Crippen molar-refractivity contribution in [2.45, 2.75) is 48.2 Å². The molecule has 0 aliphatic heterocycles. The number of aromatic amines is 1. The first kappa shape index (κ1) is 36.2. The van der Waals surface area contributed by atoms with Crippen LogP contribution in [0.5, 0.6) is 11.8 Å². The van der Waals surface area contributed by atoms with Gasteiger partial charge in [-0.2, -0.15) is 4.98 Å². The number of aryl methyl sites for hydroxylation is 4. The summed E-state index contributed by atoms with van der Waals surface area (Å²) >= 11 is 0. The number of nitrogens with one attached hydrogen (secondary N) is 1. The number of fused-ring (bicyclic) bond motifs is 2. The van der Waals surface area contributed by atoms with E-state index in [9.17, 15) is 4.79 Å². The second kappa shape index (κ2) is 15.4. The number of hydrogen-bond acceptors (Lipinski definition) is 10. The molecule has 7 heterocycles. The van der Waals surface area contributed by atoms with Crippen molar-refractivity contribution in [3.8, 4) is 34.0 Å². The summed E-state index contributed by atoms with van der Waals surface area (Å²) in [4.78, 5) is 32.9. The third-order valence-electron chi connectivity index (χ3n) is 9.05. The summed E-state index contributed by atoms with van der Waals surface area (Å²) in [5.74, 6) is 2.11. The van der Waals surface area contributed by atoms with Crippen LogP contribution in [0.1, 0.15) is 41.5 Å². The number of nitrogens with zero attached hydrogens (tertiary/aromatic N) is 8. The van der Waals surface area contributed by atoms with Gasteiger partial charge in [0.2, 0.25) is 0 Å². The number of hydrogen-bond donors (Lipinski definition) is 1. The summed E-state index contributed by atoms with van der Waals surface area (Å²) in [6.07, 6.45) is 6.90. The van der Waals surface area contributed by atoms with Gasteiger partial charge in [0.15, 0.2) is 11.3 Å². The largest absolute Gasteiger partial charge is 0.424 e. The fraction of sp³-hybridized carbons (Fsp3) is 0.167. The van der Waals surface area contributed by atoms with E-state index >= 15 is 0 Å². The van der Waals surface area contributed by atoms with Crippen molar-refractivity contribution < 1.29 is 13.8 Å². The zero-order valence-electron chi connectivity index (χ0n) is 30.0. The van der Waals surface area contributed by atoms with Gasteiger partial charge in [-0.1, -0.05) is 78.4 Å². The number of aromatic nitrogens is 9. The summed E-state index contributed by atoms with van der Waals surface area (Å²) in [6.45, 7) is 8.68. The molecule has 2 aromatic carbocycles. The third kappa shape index (κ3) is 7.40. The molecule has 0 amide bonds. The van der Waals surface area contributed by atoms with E-state index in [0.717, 1.165) is 67.3 Å². The molecule has 9 aromatic rings. The van der Waals surface area contributed by atoms with Crippen molar-refractivity contribution in [3.05, 3.63) is 154 Å². The van der Waals surface area contributed by atoms with Crippen LogP contribution in [-0.4, -0.2) is 44.4 Å². The highest BCUT2D eigenvalue weighted by atomic mass is 16.5. The van der Waals surface area contributed by atoms with Crippen molar-refractivity contribution >= 4 is 22.3 Å². The average Bonchev–Trinajstić information content (AvgIpc) is 3.91. The molecule has 0 radical (unpaired) electrons. The molecule has 0 saturated carbocycles. The summed E-state index contributed by atoms with van der Waals surface area (Å²) < 4.78 is 20.4. The predicted octanol–water partition coefficient (Wildman–Crippen LogP) is 8.62. The molecule has 0 fully saturated rings. The van der Waals surface area contributed by atoms with Gasteiger partial charge in [0.1, 0.15) is 17.3 Å². The van der Waals surface area contributed by atoms with Crippen LogP contribution in [0.15, 0.2) is 124 Å². The molecule has 55 heavy (non-hydrogen) atoms. The first-order valence-corrected chi connectivity index (χ1v) is 17.3. The Hall–Kier alpha value is -7.15. The number of rotatable bonds is 8. The lowest BCUT2D eigenvalue weighted by atomic mass is 10.1. The van der Waals surface area contributed by atoms with E-state index in [1.165, 1.54) is 0 Å². The summed E-state index contributed by atoms with van der Waals surface area (Å²) in [5, 5.41) is 8.06. The van der Waals surface area contributed by atoms with Crippen molar-refractivity contribution in [2.75, 3.05) is 0 Å². The van der Waals surface area contributed by atoms with Crippen LogP contribution in [-0.2, 0) is 13.1 Å². The molecule has 0 unspecified atom stereocenters. The van der Waals surface area contributed by atoms with Crippen LogP contribution < -0.4 is 10.4 Å². The molecule has 0 aliphatic carbocycles. The van der Waals surface area contributed by atoms with Crippen LogP contribution >= 0.6 is 0 Å². The van der Waals surface area contributed by atoms with Gasteiger partial charge >= 0.3 is 11.7 Å². The number of imidazole rings is 2. The van der Waals surface area contributed by atoms with Crippen LogP contribution in [0.25, 0.3) is 44.6 Å². The zero-order chi connectivity index (χ0) is 37.2. The maximum atomic E-state index is 12.3. The monoisotopic (exact) mass is 733 g/mol. The Morgan fingerprint density at radius 3 is 1.84 bits per heavy atom. The van der Waals surface area contributed by atoms with E-state index in [1.807, 2.05) is 99.0 Å². The molecule has 0 saturated heterocycles. The molecule has 276 valence electrons. The van der Waals surface area contributed by atoms with Gasteiger partial charge in [0.25, 0.3) is 0 Å². The molecule has 1 N–H and O–H groups in total. The van der Waals surface area contributed by atoms with Gasteiger partial charge in [0, 0.05) is 40.8 Å². The molecule has 0 spiro atoms.